The first kappa shape index (κ1) is 22.0. The molecule has 0 aromatic heterocycles. The van der Waals surface area contributed by atoms with Crippen molar-refractivity contribution in [3.05, 3.63) is 100 Å². The third kappa shape index (κ3) is 6.13. The summed E-state index contributed by atoms with van der Waals surface area (Å²) < 4.78 is 40.8. The van der Waals surface area contributed by atoms with Crippen molar-refractivity contribution < 1.29 is 17.6 Å². The molecule has 3 rings (SSSR count). The average molecular weight is 447 g/mol. The Hall–Kier alpha value is -2.74. The molecular formula is C22H20ClFN2O3S. The van der Waals surface area contributed by atoms with Gasteiger partial charge in [-0.2, -0.15) is 0 Å². The molecule has 3 aromatic rings. The minimum atomic E-state index is -3.79. The second-order valence-electron chi connectivity index (χ2n) is 6.65. The number of rotatable bonds is 8. The number of carbonyl (C=O) groups is 1. The quantitative estimate of drug-likeness (QED) is 0.552. The highest BCUT2D eigenvalue weighted by molar-refractivity contribution is 7.89. The summed E-state index contributed by atoms with van der Waals surface area (Å²) in [7, 11) is -3.79. The number of nitrogens with one attached hydrogen (secondary N) is 2. The Morgan fingerprint density at radius 1 is 0.900 bits per heavy atom. The Balaban J connectivity index is 1.60. The van der Waals surface area contributed by atoms with Crippen LogP contribution in [0.5, 0.6) is 0 Å². The molecule has 1 amide bonds. The van der Waals surface area contributed by atoms with Crippen molar-refractivity contribution in [1.29, 1.82) is 0 Å². The normalized spacial score (nSPS) is 11.3. The first-order valence-corrected chi connectivity index (χ1v) is 11.0. The molecule has 156 valence electrons. The largest absolute Gasteiger partial charge is 0.352 e. The van der Waals surface area contributed by atoms with Crippen LogP contribution in [0.1, 0.15) is 16.7 Å². The molecule has 0 heterocycles. The van der Waals surface area contributed by atoms with E-state index in [1.807, 2.05) is 0 Å². The van der Waals surface area contributed by atoms with E-state index in [4.69, 9.17) is 11.6 Å². The molecule has 3 aromatic carbocycles. The van der Waals surface area contributed by atoms with E-state index in [0.29, 0.717) is 16.1 Å². The summed E-state index contributed by atoms with van der Waals surface area (Å²) in [6, 6.07) is 19.1. The highest BCUT2D eigenvalue weighted by Crippen LogP contribution is 2.16. The predicted molar refractivity (Wildman–Crippen MR) is 114 cm³/mol. The van der Waals surface area contributed by atoms with Crippen molar-refractivity contribution in [2.75, 3.05) is 0 Å². The van der Waals surface area contributed by atoms with Crippen molar-refractivity contribution in [2.24, 2.45) is 0 Å². The minimum absolute atomic E-state index is 0.0289. The molecular weight excluding hydrogens is 427 g/mol. The maximum atomic E-state index is 13.3. The summed E-state index contributed by atoms with van der Waals surface area (Å²) in [6.07, 6.45) is 0.132. The van der Waals surface area contributed by atoms with Crippen LogP contribution >= 0.6 is 11.6 Å². The molecule has 8 heteroatoms. The topological polar surface area (TPSA) is 75.3 Å². The maximum absolute atomic E-state index is 13.3. The first-order valence-electron chi connectivity index (χ1n) is 9.17. The summed E-state index contributed by atoms with van der Waals surface area (Å²) >= 11 is 6.06. The van der Waals surface area contributed by atoms with E-state index in [0.717, 1.165) is 5.56 Å². The lowest BCUT2D eigenvalue weighted by Crippen LogP contribution is -2.25. The number of hydrogen-bond acceptors (Lipinski definition) is 3. The molecule has 0 bridgehead atoms. The third-order valence-corrected chi connectivity index (χ3v) is 6.13. The van der Waals surface area contributed by atoms with Crippen LogP contribution in [0.4, 0.5) is 4.39 Å². The molecule has 0 atom stereocenters. The van der Waals surface area contributed by atoms with Gasteiger partial charge in [0, 0.05) is 18.1 Å². The van der Waals surface area contributed by atoms with E-state index >= 15 is 0 Å². The zero-order chi connectivity index (χ0) is 21.6. The van der Waals surface area contributed by atoms with Gasteiger partial charge in [0.2, 0.25) is 15.9 Å². The van der Waals surface area contributed by atoms with Gasteiger partial charge in [0.15, 0.2) is 0 Å². The molecule has 0 aliphatic carbocycles. The zero-order valence-corrected chi connectivity index (χ0v) is 17.5. The fraction of sp³-hybridized carbons (Fsp3) is 0.136. The van der Waals surface area contributed by atoms with Crippen LogP contribution in [0.2, 0.25) is 5.02 Å². The van der Waals surface area contributed by atoms with Crippen molar-refractivity contribution in [2.45, 2.75) is 24.4 Å². The fourth-order valence-electron chi connectivity index (χ4n) is 2.81. The van der Waals surface area contributed by atoms with Gasteiger partial charge in [0.1, 0.15) is 5.82 Å². The molecule has 0 fully saturated rings. The molecule has 0 spiro atoms. The van der Waals surface area contributed by atoms with Crippen molar-refractivity contribution >= 4 is 27.5 Å². The van der Waals surface area contributed by atoms with Gasteiger partial charge >= 0.3 is 0 Å². The van der Waals surface area contributed by atoms with E-state index in [2.05, 4.69) is 10.0 Å². The lowest BCUT2D eigenvalue weighted by molar-refractivity contribution is -0.120. The van der Waals surface area contributed by atoms with Gasteiger partial charge < -0.3 is 5.32 Å². The third-order valence-electron chi connectivity index (χ3n) is 4.36. The standard InChI is InChI=1S/C22H20ClFN2O3S/c23-21-10-2-1-7-18(21)13-22(27)25-14-17-6-4-9-20(12-17)30(28,29)26-15-16-5-3-8-19(24)11-16/h1-12,26H,13-15H2,(H,25,27). The molecule has 5 nitrogen and oxygen atoms in total. The zero-order valence-electron chi connectivity index (χ0n) is 15.9. The molecule has 0 aliphatic rings. The monoisotopic (exact) mass is 446 g/mol. The van der Waals surface area contributed by atoms with Crippen LogP contribution in [0.3, 0.4) is 0 Å². The Kier molecular flexibility index (Phi) is 7.20. The smallest absolute Gasteiger partial charge is 0.240 e. The van der Waals surface area contributed by atoms with Gasteiger partial charge in [0.25, 0.3) is 0 Å². The van der Waals surface area contributed by atoms with Gasteiger partial charge in [-0.05, 0) is 47.0 Å². The number of carbonyl (C=O) groups excluding carboxylic acids is 1. The van der Waals surface area contributed by atoms with Crippen LogP contribution in [-0.4, -0.2) is 14.3 Å². The molecule has 0 unspecified atom stereocenters. The van der Waals surface area contributed by atoms with E-state index in [1.165, 1.54) is 30.3 Å². The summed E-state index contributed by atoms with van der Waals surface area (Å²) in [5.74, 6) is -0.651. The van der Waals surface area contributed by atoms with Crippen LogP contribution in [-0.2, 0) is 34.3 Å². The number of hydrogen-bond donors (Lipinski definition) is 2. The minimum Gasteiger partial charge on any atom is -0.352 e. The average Bonchev–Trinajstić information content (AvgIpc) is 2.73. The number of sulfonamides is 1. The Bertz CT molecular complexity index is 1150. The van der Waals surface area contributed by atoms with Gasteiger partial charge in [-0.1, -0.05) is 54.1 Å². The molecule has 0 aliphatic heterocycles. The summed E-state index contributed by atoms with van der Waals surface area (Å²) in [4.78, 5) is 12.2. The first-order chi connectivity index (χ1) is 14.3. The number of halogens is 2. The predicted octanol–water partition coefficient (Wildman–Crippen LogP) is 3.82. The second-order valence-corrected chi connectivity index (χ2v) is 8.82. The number of amides is 1. The Morgan fingerprint density at radius 2 is 1.60 bits per heavy atom. The van der Waals surface area contributed by atoms with Crippen molar-refractivity contribution in [3.8, 4) is 0 Å². The lowest BCUT2D eigenvalue weighted by Gasteiger charge is -2.10. The highest BCUT2D eigenvalue weighted by atomic mass is 35.5. The molecule has 0 saturated carbocycles. The van der Waals surface area contributed by atoms with Crippen LogP contribution in [0.15, 0.2) is 77.7 Å². The highest BCUT2D eigenvalue weighted by Gasteiger charge is 2.15. The maximum Gasteiger partial charge on any atom is 0.240 e. The van der Waals surface area contributed by atoms with Crippen LogP contribution in [0, 0.1) is 5.82 Å². The van der Waals surface area contributed by atoms with Gasteiger partial charge in [-0.3, -0.25) is 4.79 Å². The van der Waals surface area contributed by atoms with E-state index in [1.54, 1.807) is 42.5 Å². The van der Waals surface area contributed by atoms with Crippen molar-refractivity contribution in [3.63, 3.8) is 0 Å². The Morgan fingerprint density at radius 3 is 2.33 bits per heavy atom. The SMILES string of the molecule is O=C(Cc1ccccc1Cl)NCc1cccc(S(=O)(=O)NCc2cccc(F)c2)c1. The number of benzene rings is 3. The fourth-order valence-corrected chi connectivity index (χ4v) is 4.10. The lowest BCUT2D eigenvalue weighted by atomic mass is 10.1. The Labute approximate surface area is 179 Å². The van der Waals surface area contributed by atoms with E-state index in [9.17, 15) is 17.6 Å². The van der Waals surface area contributed by atoms with E-state index < -0.39 is 15.8 Å². The van der Waals surface area contributed by atoms with Gasteiger partial charge in [-0.15, -0.1) is 0 Å². The molecule has 30 heavy (non-hydrogen) atoms. The summed E-state index contributed by atoms with van der Waals surface area (Å²) in [5, 5.41) is 3.28. The molecule has 2 N–H and O–H groups in total. The van der Waals surface area contributed by atoms with Crippen molar-refractivity contribution in [1.82, 2.24) is 10.0 Å². The van der Waals surface area contributed by atoms with Gasteiger partial charge in [-0.25, -0.2) is 17.5 Å². The summed E-state index contributed by atoms with van der Waals surface area (Å²) in [6.45, 7) is 0.148. The second kappa shape index (κ2) is 9.84. The molecule has 0 saturated heterocycles. The summed E-state index contributed by atoms with van der Waals surface area (Å²) in [5.41, 5.74) is 1.87. The van der Waals surface area contributed by atoms with Crippen LogP contribution < -0.4 is 10.0 Å². The van der Waals surface area contributed by atoms with Gasteiger partial charge in [0.05, 0.1) is 11.3 Å². The molecule has 0 radical (unpaired) electrons. The van der Waals surface area contributed by atoms with Crippen LogP contribution in [0.25, 0.3) is 0 Å². The van der Waals surface area contributed by atoms with E-state index in [-0.39, 0.29) is 30.3 Å².